The fourth-order valence-corrected chi connectivity index (χ4v) is 0.167. The SMILES string of the molecule is C=C[B+]CC.[Cl-]. The minimum Gasteiger partial charge on any atom is -1.00 e. The summed E-state index contributed by atoms with van der Waals surface area (Å²) in [4.78, 5) is 0. The maximum absolute atomic E-state index is 3.49. The summed E-state index contributed by atoms with van der Waals surface area (Å²) >= 11 is 0. The zero-order chi connectivity index (χ0) is 4.12. The van der Waals surface area contributed by atoms with Crippen molar-refractivity contribution in [1.29, 1.82) is 0 Å². The van der Waals surface area contributed by atoms with Gasteiger partial charge in [-0.25, -0.2) is 0 Å². The molecule has 0 bridgehead atoms. The van der Waals surface area contributed by atoms with E-state index in [1.54, 1.807) is 5.98 Å². The van der Waals surface area contributed by atoms with Gasteiger partial charge in [-0.15, -0.1) is 0 Å². The molecule has 6 heavy (non-hydrogen) atoms. The molecule has 2 heteroatoms. The molecule has 0 aromatic heterocycles. The van der Waals surface area contributed by atoms with Crippen LogP contribution in [0, 0.1) is 0 Å². The van der Waals surface area contributed by atoms with Crippen molar-refractivity contribution in [2.75, 3.05) is 0 Å². The van der Waals surface area contributed by atoms with Gasteiger partial charge in [-0.05, 0) is 0 Å². The average Bonchev–Trinajstić information content (AvgIpc) is 1.41. The van der Waals surface area contributed by atoms with E-state index in [-0.39, 0.29) is 12.4 Å². The Morgan fingerprint density at radius 2 is 2.33 bits per heavy atom. The maximum Gasteiger partial charge on any atom is -1.00 e. The Labute approximate surface area is 46.3 Å². The van der Waals surface area contributed by atoms with Crippen molar-refractivity contribution in [2.45, 2.75) is 13.2 Å². The maximum atomic E-state index is 3.49. The van der Waals surface area contributed by atoms with Gasteiger partial charge >= 0.3 is 33.1 Å². The molecule has 0 fully saturated rings. The number of hydrogen-bond acceptors (Lipinski definition) is 0. The van der Waals surface area contributed by atoms with E-state index < -0.39 is 0 Å². The van der Waals surface area contributed by atoms with Gasteiger partial charge in [0.1, 0.15) is 0 Å². The predicted octanol–water partition coefficient (Wildman–Crippen LogP) is -1.72. The van der Waals surface area contributed by atoms with Crippen LogP contribution in [0.2, 0.25) is 6.32 Å². The van der Waals surface area contributed by atoms with Crippen LogP contribution in [0.25, 0.3) is 0 Å². The monoisotopic (exact) mass is 102 g/mol. The molecular formula is C4H8BCl. The van der Waals surface area contributed by atoms with Crippen molar-refractivity contribution < 1.29 is 12.4 Å². The van der Waals surface area contributed by atoms with Crippen LogP contribution >= 0.6 is 0 Å². The van der Waals surface area contributed by atoms with E-state index in [2.05, 4.69) is 13.5 Å². The first kappa shape index (κ1) is 9.44. The first-order chi connectivity index (χ1) is 2.41. The Kier molecular flexibility index (Phi) is 14.0. The van der Waals surface area contributed by atoms with Crippen LogP contribution in [0.15, 0.2) is 12.6 Å². The molecule has 34 valence electrons. The van der Waals surface area contributed by atoms with Gasteiger partial charge in [0.25, 0.3) is 0 Å². The fourth-order valence-electron chi connectivity index (χ4n) is 0.167. The first-order valence-electron chi connectivity index (χ1n) is 1.86. The van der Waals surface area contributed by atoms with Crippen molar-refractivity contribution in [3.05, 3.63) is 12.6 Å². The van der Waals surface area contributed by atoms with E-state index in [0.717, 1.165) is 6.32 Å². The largest absolute Gasteiger partial charge is 1.00 e. The summed E-state index contributed by atoms with van der Waals surface area (Å²) in [5.41, 5.74) is 0. The first-order valence-corrected chi connectivity index (χ1v) is 1.86. The molecule has 0 saturated heterocycles. The Morgan fingerprint density at radius 1 is 1.83 bits per heavy atom. The summed E-state index contributed by atoms with van der Waals surface area (Å²) in [7, 11) is 2.01. The molecule has 0 heterocycles. The van der Waals surface area contributed by atoms with Crippen LogP contribution in [0.4, 0.5) is 0 Å². The Bertz CT molecular complexity index is 28.7. The molecule has 0 N–H and O–H groups in total. The molecule has 0 saturated carbocycles. The van der Waals surface area contributed by atoms with E-state index in [4.69, 9.17) is 0 Å². The summed E-state index contributed by atoms with van der Waals surface area (Å²) < 4.78 is 0. The summed E-state index contributed by atoms with van der Waals surface area (Å²) in [6.07, 6.45) is 1.10. The van der Waals surface area contributed by atoms with E-state index >= 15 is 0 Å². The number of hydrogen-bond donors (Lipinski definition) is 0. The summed E-state index contributed by atoms with van der Waals surface area (Å²) in [5.74, 6) is 1.81. The Hall–Kier alpha value is 0.0949. The molecule has 0 unspecified atom stereocenters. The second-order valence-electron chi connectivity index (χ2n) is 0.880. The van der Waals surface area contributed by atoms with Crippen molar-refractivity contribution in [2.24, 2.45) is 0 Å². The topological polar surface area (TPSA) is 0 Å². The molecule has 0 spiro atoms. The van der Waals surface area contributed by atoms with Gasteiger partial charge in [0.05, 0.1) is 0 Å². The summed E-state index contributed by atoms with van der Waals surface area (Å²) in [5, 5.41) is 0. The normalized spacial score (nSPS) is 4.83. The smallest absolute Gasteiger partial charge is 1.00 e. The van der Waals surface area contributed by atoms with Gasteiger partial charge in [0.15, 0.2) is 0 Å². The standard InChI is InChI=1S/C4H8B.ClH/c1-3-5-4-2;/h3H,1,4H2,2H3;1H/q+1;/p-1. The van der Waals surface area contributed by atoms with Crippen molar-refractivity contribution in [3.63, 3.8) is 0 Å². The molecule has 0 aromatic carbocycles. The average molecular weight is 102 g/mol. The molecule has 0 radical (unpaired) electrons. The molecule has 0 nitrogen and oxygen atoms in total. The van der Waals surface area contributed by atoms with E-state index in [1.807, 2.05) is 7.28 Å². The van der Waals surface area contributed by atoms with Gasteiger partial charge in [-0.2, -0.15) is 0 Å². The van der Waals surface area contributed by atoms with Crippen molar-refractivity contribution in [1.82, 2.24) is 0 Å². The second kappa shape index (κ2) is 8.92. The van der Waals surface area contributed by atoms with E-state index in [9.17, 15) is 0 Å². The quantitative estimate of drug-likeness (QED) is 0.364. The summed E-state index contributed by atoms with van der Waals surface area (Å²) in [6, 6.07) is 0. The minimum atomic E-state index is 0. The van der Waals surface area contributed by atoms with Gasteiger partial charge in [0, 0.05) is 0 Å². The molecule has 0 rings (SSSR count). The molecule has 0 aliphatic heterocycles. The van der Waals surface area contributed by atoms with E-state index in [0.29, 0.717) is 0 Å². The molecule has 0 aliphatic carbocycles. The third kappa shape index (κ3) is 8.94. The molecule has 0 aliphatic rings. The van der Waals surface area contributed by atoms with Crippen molar-refractivity contribution >= 4 is 7.28 Å². The van der Waals surface area contributed by atoms with Crippen LogP contribution in [0.1, 0.15) is 6.92 Å². The fraction of sp³-hybridized carbons (Fsp3) is 0.500. The van der Waals surface area contributed by atoms with Crippen LogP contribution < -0.4 is 12.4 Å². The van der Waals surface area contributed by atoms with Crippen LogP contribution in [-0.4, -0.2) is 7.28 Å². The van der Waals surface area contributed by atoms with Gasteiger partial charge < -0.3 is 12.4 Å². The van der Waals surface area contributed by atoms with Crippen LogP contribution in [-0.2, 0) is 0 Å². The molecule has 0 amide bonds. The second-order valence-corrected chi connectivity index (χ2v) is 0.880. The number of rotatable bonds is 2. The molecule has 0 atom stereocenters. The van der Waals surface area contributed by atoms with Gasteiger partial charge in [-0.1, -0.05) is 0 Å². The Morgan fingerprint density at radius 3 is 2.33 bits per heavy atom. The summed E-state index contributed by atoms with van der Waals surface area (Å²) in [6.45, 7) is 5.58. The predicted molar refractivity (Wildman–Crippen MR) is 26.4 cm³/mol. The van der Waals surface area contributed by atoms with Crippen molar-refractivity contribution in [3.8, 4) is 0 Å². The zero-order valence-electron chi connectivity index (χ0n) is 3.95. The third-order valence-corrected chi connectivity index (χ3v) is 0.402. The zero-order valence-corrected chi connectivity index (χ0v) is 4.70. The Balaban J connectivity index is 0. The van der Waals surface area contributed by atoms with Gasteiger partial charge in [0.2, 0.25) is 0 Å². The van der Waals surface area contributed by atoms with Crippen LogP contribution in [0.3, 0.4) is 0 Å². The minimum absolute atomic E-state index is 0. The third-order valence-electron chi connectivity index (χ3n) is 0.402. The molecular weight excluding hydrogens is 94.3 g/mol. The van der Waals surface area contributed by atoms with Crippen LogP contribution in [0.5, 0.6) is 0 Å². The number of halogens is 1. The van der Waals surface area contributed by atoms with E-state index in [1.165, 1.54) is 0 Å². The molecule has 0 aromatic rings. The van der Waals surface area contributed by atoms with Gasteiger partial charge in [-0.3, -0.25) is 0 Å².